The molecule has 1 N–H and O–H groups in total. The molecule has 2 aliphatic rings. The molecule has 1 aliphatic carbocycles. The van der Waals surface area contributed by atoms with Crippen molar-refractivity contribution in [1.82, 2.24) is 15.2 Å². The molecule has 0 amide bonds. The van der Waals surface area contributed by atoms with Crippen molar-refractivity contribution < 1.29 is 0 Å². The zero-order chi connectivity index (χ0) is 13.2. The Kier molecular flexibility index (Phi) is 4.20. The van der Waals surface area contributed by atoms with Crippen LogP contribution in [0.15, 0.2) is 11.7 Å². The fourth-order valence-corrected chi connectivity index (χ4v) is 3.89. The van der Waals surface area contributed by atoms with Crippen LogP contribution in [-0.4, -0.2) is 35.1 Å². The van der Waals surface area contributed by atoms with Gasteiger partial charge in [-0.15, -0.1) is 11.3 Å². The number of hydrogen-bond donors (Lipinski definition) is 1. The van der Waals surface area contributed by atoms with Crippen molar-refractivity contribution in [3.63, 3.8) is 0 Å². The van der Waals surface area contributed by atoms with Crippen molar-refractivity contribution in [2.45, 2.75) is 51.7 Å². The molecule has 2 heterocycles. The van der Waals surface area contributed by atoms with Crippen LogP contribution < -0.4 is 5.32 Å². The summed E-state index contributed by atoms with van der Waals surface area (Å²) in [5, 5.41) is 3.78. The number of nitrogens with one attached hydrogen (secondary N) is 1. The van der Waals surface area contributed by atoms with E-state index in [2.05, 4.69) is 29.0 Å². The summed E-state index contributed by atoms with van der Waals surface area (Å²) < 4.78 is 0. The van der Waals surface area contributed by atoms with E-state index in [1.807, 2.05) is 11.7 Å². The number of thiazole rings is 1. The van der Waals surface area contributed by atoms with Crippen molar-refractivity contribution in [2.24, 2.45) is 11.8 Å². The van der Waals surface area contributed by atoms with Gasteiger partial charge in [-0.1, -0.05) is 13.8 Å². The number of hydrogen-bond acceptors (Lipinski definition) is 4. The molecule has 0 bridgehead atoms. The Hall–Kier alpha value is -0.450. The van der Waals surface area contributed by atoms with Gasteiger partial charge in [0.1, 0.15) is 0 Å². The molecule has 1 aliphatic heterocycles. The lowest BCUT2D eigenvalue weighted by molar-refractivity contribution is 0.101. The van der Waals surface area contributed by atoms with E-state index >= 15 is 0 Å². The third-order valence-electron chi connectivity index (χ3n) is 4.30. The monoisotopic (exact) mass is 279 g/mol. The van der Waals surface area contributed by atoms with Gasteiger partial charge in [0.25, 0.3) is 0 Å². The molecule has 4 heteroatoms. The molecule has 1 aromatic rings. The van der Waals surface area contributed by atoms with Crippen LogP contribution in [0.1, 0.15) is 38.0 Å². The van der Waals surface area contributed by atoms with Crippen LogP contribution in [0.25, 0.3) is 0 Å². The van der Waals surface area contributed by atoms with Crippen molar-refractivity contribution in [2.75, 3.05) is 13.1 Å². The number of aromatic nitrogens is 1. The van der Waals surface area contributed by atoms with Crippen molar-refractivity contribution in [1.29, 1.82) is 0 Å². The largest absolute Gasteiger partial charge is 0.311 e. The van der Waals surface area contributed by atoms with Gasteiger partial charge < -0.3 is 5.32 Å². The SMILES string of the molecule is CC(C)CC1CN(Cc2cncs2)C(C2CC2)CN1. The zero-order valence-corrected chi connectivity index (χ0v) is 12.8. The summed E-state index contributed by atoms with van der Waals surface area (Å²) in [6.45, 7) is 8.13. The van der Waals surface area contributed by atoms with Crippen molar-refractivity contribution in [3.05, 3.63) is 16.6 Å². The number of nitrogens with zero attached hydrogens (tertiary/aromatic N) is 2. The fraction of sp³-hybridized carbons (Fsp3) is 0.800. The van der Waals surface area contributed by atoms with Gasteiger partial charge in [-0.3, -0.25) is 9.88 Å². The van der Waals surface area contributed by atoms with E-state index in [0.717, 1.165) is 24.4 Å². The molecular formula is C15H25N3S. The quantitative estimate of drug-likeness (QED) is 0.898. The van der Waals surface area contributed by atoms with Gasteiger partial charge in [0.2, 0.25) is 0 Å². The molecule has 106 valence electrons. The first kappa shape index (κ1) is 13.5. The van der Waals surface area contributed by atoms with Crippen LogP contribution in [0.5, 0.6) is 0 Å². The molecule has 2 unspecified atom stereocenters. The predicted molar refractivity (Wildman–Crippen MR) is 80.3 cm³/mol. The molecule has 3 nitrogen and oxygen atoms in total. The first-order valence-corrected chi connectivity index (χ1v) is 8.45. The van der Waals surface area contributed by atoms with Crippen molar-refractivity contribution in [3.8, 4) is 0 Å². The Morgan fingerprint density at radius 1 is 1.47 bits per heavy atom. The molecule has 19 heavy (non-hydrogen) atoms. The van der Waals surface area contributed by atoms with Gasteiger partial charge in [-0.25, -0.2) is 0 Å². The zero-order valence-electron chi connectivity index (χ0n) is 12.0. The maximum atomic E-state index is 4.22. The van der Waals surface area contributed by atoms with Gasteiger partial charge in [0, 0.05) is 42.8 Å². The number of piperazine rings is 1. The summed E-state index contributed by atoms with van der Waals surface area (Å²) in [7, 11) is 0. The van der Waals surface area contributed by atoms with Crippen LogP contribution in [0, 0.1) is 11.8 Å². The van der Waals surface area contributed by atoms with Crippen LogP contribution in [-0.2, 0) is 6.54 Å². The van der Waals surface area contributed by atoms with Crippen LogP contribution in [0.3, 0.4) is 0 Å². The molecular weight excluding hydrogens is 254 g/mol. The van der Waals surface area contributed by atoms with Crippen LogP contribution >= 0.6 is 11.3 Å². The van der Waals surface area contributed by atoms with E-state index < -0.39 is 0 Å². The van der Waals surface area contributed by atoms with Crippen LogP contribution in [0.2, 0.25) is 0 Å². The maximum absolute atomic E-state index is 4.22. The normalized spacial score (nSPS) is 29.0. The predicted octanol–water partition coefficient (Wildman–Crippen LogP) is 2.74. The summed E-state index contributed by atoms with van der Waals surface area (Å²) in [4.78, 5) is 8.35. The Morgan fingerprint density at radius 2 is 2.32 bits per heavy atom. The minimum Gasteiger partial charge on any atom is -0.311 e. The number of rotatable bonds is 5. The molecule has 0 aromatic carbocycles. The minimum atomic E-state index is 0.669. The van der Waals surface area contributed by atoms with E-state index in [4.69, 9.17) is 0 Å². The van der Waals surface area contributed by atoms with E-state index in [-0.39, 0.29) is 0 Å². The minimum absolute atomic E-state index is 0.669. The average molecular weight is 279 g/mol. The van der Waals surface area contributed by atoms with Crippen molar-refractivity contribution >= 4 is 11.3 Å². The summed E-state index contributed by atoms with van der Waals surface area (Å²) in [5.41, 5.74) is 1.95. The average Bonchev–Trinajstić information content (AvgIpc) is 3.07. The lowest BCUT2D eigenvalue weighted by Crippen LogP contribution is -2.57. The third-order valence-corrected chi connectivity index (χ3v) is 5.07. The molecule has 0 radical (unpaired) electrons. The summed E-state index contributed by atoms with van der Waals surface area (Å²) in [6, 6.07) is 1.42. The highest BCUT2D eigenvalue weighted by atomic mass is 32.1. The first-order valence-electron chi connectivity index (χ1n) is 7.57. The lowest BCUT2D eigenvalue weighted by atomic mass is 9.98. The Labute approximate surface area is 120 Å². The summed E-state index contributed by atoms with van der Waals surface area (Å²) in [6.07, 6.45) is 6.19. The van der Waals surface area contributed by atoms with Gasteiger partial charge in [-0.05, 0) is 31.1 Å². The van der Waals surface area contributed by atoms with E-state index in [1.165, 1.54) is 37.2 Å². The topological polar surface area (TPSA) is 28.2 Å². The smallest absolute Gasteiger partial charge is 0.0794 e. The fourth-order valence-electron chi connectivity index (χ4n) is 3.27. The maximum Gasteiger partial charge on any atom is 0.0794 e. The van der Waals surface area contributed by atoms with Gasteiger partial charge in [0.05, 0.1) is 5.51 Å². The molecule has 1 aromatic heterocycles. The molecule has 3 rings (SSSR count). The Balaban J connectivity index is 1.64. The molecule has 2 atom stereocenters. The Morgan fingerprint density at radius 3 is 2.95 bits per heavy atom. The second-order valence-corrected chi connectivity index (χ2v) is 7.51. The van der Waals surface area contributed by atoms with E-state index in [0.29, 0.717) is 6.04 Å². The highest BCUT2D eigenvalue weighted by Crippen LogP contribution is 2.37. The second kappa shape index (κ2) is 5.90. The molecule has 1 saturated heterocycles. The lowest BCUT2D eigenvalue weighted by Gasteiger charge is -2.41. The van der Waals surface area contributed by atoms with Crippen LogP contribution in [0.4, 0.5) is 0 Å². The summed E-state index contributed by atoms with van der Waals surface area (Å²) in [5.74, 6) is 1.72. The highest BCUT2D eigenvalue weighted by molar-refractivity contribution is 7.09. The highest BCUT2D eigenvalue weighted by Gasteiger charge is 2.38. The van der Waals surface area contributed by atoms with Gasteiger partial charge in [0.15, 0.2) is 0 Å². The van der Waals surface area contributed by atoms with E-state index in [1.54, 1.807) is 11.3 Å². The standard InChI is InChI=1S/C15H25N3S/c1-11(2)5-13-8-18(9-14-6-16-10-19-14)15(7-17-13)12-3-4-12/h6,10-13,15,17H,3-5,7-9H2,1-2H3. The van der Waals surface area contributed by atoms with Gasteiger partial charge in [-0.2, -0.15) is 0 Å². The molecule has 1 saturated carbocycles. The third kappa shape index (κ3) is 3.56. The van der Waals surface area contributed by atoms with Gasteiger partial charge >= 0.3 is 0 Å². The van der Waals surface area contributed by atoms with E-state index in [9.17, 15) is 0 Å². The first-order chi connectivity index (χ1) is 9.22. The molecule has 2 fully saturated rings. The second-order valence-electron chi connectivity index (χ2n) is 6.54. The Bertz CT molecular complexity index is 386. The molecule has 0 spiro atoms. The summed E-state index contributed by atoms with van der Waals surface area (Å²) >= 11 is 1.79.